The maximum atomic E-state index is 4.75. The molecule has 3 rings (SSSR count). The van der Waals surface area contributed by atoms with Crippen molar-refractivity contribution in [2.75, 3.05) is 25.9 Å². The van der Waals surface area contributed by atoms with Crippen molar-refractivity contribution in [2.45, 2.75) is 76.9 Å². The van der Waals surface area contributed by atoms with E-state index in [0.29, 0.717) is 6.04 Å². The highest BCUT2D eigenvalue weighted by Gasteiger charge is 2.23. The molecule has 0 amide bonds. The molecule has 2 heterocycles. The summed E-state index contributed by atoms with van der Waals surface area (Å²) < 4.78 is 2.39. The van der Waals surface area contributed by atoms with E-state index in [4.69, 9.17) is 4.99 Å². The first-order valence-corrected chi connectivity index (χ1v) is 13.1. The van der Waals surface area contributed by atoms with Gasteiger partial charge in [-0.2, -0.15) is 0 Å². The summed E-state index contributed by atoms with van der Waals surface area (Å²) in [7, 11) is 0. The topological polar surface area (TPSA) is 80.0 Å². The van der Waals surface area contributed by atoms with Crippen LogP contribution < -0.4 is 10.6 Å². The van der Waals surface area contributed by atoms with E-state index in [9.17, 15) is 0 Å². The van der Waals surface area contributed by atoms with Gasteiger partial charge in [0, 0.05) is 43.4 Å². The zero-order chi connectivity index (χ0) is 21.3. The summed E-state index contributed by atoms with van der Waals surface area (Å²) in [5.41, 5.74) is 1.14. The van der Waals surface area contributed by atoms with Crippen LogP contribution in [0.3, 0.4) is 0 Å². The van der Waals surface area contributed by atoms with E-state index in [0.717, 1.165) is 61.5 Å². The minimum absolute atomic E-state index is 0.582. The van der Waals surface area contributed by atoms with Crippen molar-refractivity contribution >= 4 is 29.1 Å². The van der Waals surface area contributed by atoms with Crippen LogP contribution in [0, 0.1) is 13.8 Å². The van der Waals surface area contributed by atoms with Gasteiger partial charge < -0.3 is 15.2 Å². The van der Waals surface area contributed by atoms with Gasteiger partial charge in [-0.25, -0.2) is 4.98 Å². The van der Waals surface area contributed by atoms with E-state index in [-0.39, 0.29) is 0 Å². The normalized spacial score (nSPS) is 15.1. The van der Waals surface area contributed by atoms with Crippen molar-refractivity contribution in [3.05, 3.63) is 21.4 Å². The second kappa shape index (κ2) is 11.7. The number of nitrogens with one attached hydrogen (secondary N) is 2. The van der Waals surface area contributed by atoms with Crippen molar-refractivity contribution < 1.29 is 0 Å². The third-order valence-corrected chi connectivity index (χ3v) is 7.26. The molecular formula is C21H35N7S2. The molecule has 1 fully saturated rings. The van der Waals surface area contributed by atoms with Crippen LogP contribution >= 0.6 is 23.1 Å². The first kappa shape index (κ1) is 23.1. The second-order valence-corrected chi connectivity index (χ2v) is 9.76. The van der Waals surface area contributed by atoms with Gasteiger partial charge in [0.15, 0.2) is 11.1 Å². The van der Waals surface area contributed by atoms with Gasteiger partial charge in [-0.15, -0.1) is 21.5 Å². The van der Waals surface area contributed by atoms with E-state index in [1.165, 1.54) is 35.6 Å². The maximum Gasteiger partial charge on any atom is 0.191 e. The lowest BCUT2D eigenvalue weighted by Gasteiger charge is -2.16. The van der Waals surface area contributed by atoms with Crippen LogP contribution in [-0.4, -0.2) is 51.6 Å². The summed E-state index contributed by atoms with van der Waals surface area (Å²) in [4.78, 5) is 10.7. The second-order valence-electron chi connectivity index (χ2n) is 7.70. The summed E-state index contributed by atoms with van der Waals surface area (Å²) >= 11 is 3.49. The lowest BCUT2D eigenvalue weighted by molar-refractivity contribution is 0.461. The Kier molecular flexibility index (Phi) is 8.99. The van der Waals surface area contributed by atoms with Gasteiger partial charge in [-0.05, 0) is 46.3 Å². The van der Waals surface area contributed by atoms with Gasteiger partial charge >= 0.3 is 0 Å². The van der Waals surface area contributed by atoms with Crippen LogP contribution in [0.1, 0.15) is 66.5 Å². The van der Waals surface area contributed by atoms with Crippen LogP contribution in [0.2, 0.25) is 0 Å². The molecule has 30 heavy (non-hydrogen) atoms. The molecule has 0 atom stereocenters. The van der Waals surface area contributed by atoms with E-state index < -0.39 is 0 Å². The SMILES string of the molecule is CCNC(=NCCCc1nnc(SC)n1C1CCCC1)NCCc1nc(C)c(C)s1. The molecule has 2 aromatic heterocycles. The predicted molar refractivity (Wildman–Crippen MR) is 127 cm³/mol. The van der Waals surface area contributed by atoms with Gasteiger partial charge in [-0.1, -0.05) is 24.6 Å². The van der Waals surface area contributed by atoms with Crippen LogP contribution in [0.4, 0.5) is 0 Å². The highest BCUT2D eigenvalue weighted by molar-refractivity contribution is 7.98. The molecule has 0 radical (unpaired) electrons. The first-order chi connectivity index (χ1) is 14.6. The molecule has 1 saturated carbocycles. The Morgan fingerprint density at radius 2 is 2.00 bits per heavy atom. The molecule has 0 spiro atoms. The van der Waals surface area contributed by atoms with Crippen molar-refractivity contribution in [3.8, 4) is 0 Å². The summed E-state index contributed by atoms with van der Waals surface area (Å²) in [6.45, 7) is 8.77. The number of hydrogen-bond donors (Lipinski definition) is 2. The number of thiazole rings is 1. The van der Waals surface area contributed by atoms with Crippen LogP contribution in [0.15, 0.2) is 10.1 Å². The smallest absolute Gasteiger partial charge is 0.191 e. The molecule has 2 N–H and O–H groups in total. The number of aryl methyl sites for hydroxylation is 3. The van der Waals surface area contributed by atoms with Crippen molar-refractivity contribution in [1.29, 1.82) is 0 Å². The number of rotatable bonds is 10. The number of aliphatic imine (C=N–C) groups is 1. The van der Waals surface area contributed by atoms with Crippen LogP contribution in [0.25, 0.3) is 0 Å². The number of hydrogen-bond acceptors (Lipinski definition) is 6. The quantitative estimate of drug-likeness (QED) is 0.248. The Morgan fingerprint density at radius 1 is 1.20 bits per heavy atom. The van der Waals surface area contributed by atoms with Gasteiger partial charge in [0.05, 0.1) is 10.7 Å². The number of thioether (sulfide) groups is 1. The zero-order valence-corrected chi connectivity index (χ0v) is 20.3. The molecular weight excluding hydrogens is 414 g/mol. The Bertz CT molecular complexity index is 802. The minimum Gasteiger partial charge on any atom is -0.357 e. The van der Waals surface area contributed by atoms with Gasteiger partial charge in [-0.3, -0.25) is 4.99 Å². The third-order valence-electron chi connectivity index (χ3n) is 5.48. The highest BCUT2D eigenvalue weighted by atomic mass is 32.2. The molecule has 9 heteroatoms. The third kappa shape index (κ3) is 6.20. The van der Waals surface area contributed by atoms with Crippen LogP contribution in [0.5, 0.6) is 0 Å². The minimum atomic E-state index is 0.582. The Balaban J connectivity index is 1.49. The van der Waals surface area contributed by atoms with E-state index in [1.54, 1.807) is 23.1 Å². The summed E-state index contributed by atoms with van der Waals surface area (Å²) in [6, 6.07) is 0.582. The fraction of sp³-hybridized carbons (Fsp3) is 0.714. The average molecular weight is 450 g/mol. The summed E-state index contributed by atoms with van der Waals surface area (Å²) in [5.74, 6) is 2.00. The zero-order valence-electron chi connectivity index (χ0n) is 18.7. The molecule has 2 aromatic rings. The lowest BCUT2D eigenvalue weighted by Crippen LogP contribution is -2.38. The molecule has 0 unspecified atom stereocenters. The highest BCUT2D eigenvalue weighted by Crippen LogP contribution is 2.33. The van der Waals surface area contributed by atoms with Crippen LogP contribution in [-0.2, 0) is 12.8 Å². The average Bonchev–Trinajstić information content (AvgIpc) is 3.45. The van der Waals surface area contributed by atoms with E-state index >= 15 is 0 Å². The first-order valence-electron chi connectivity index (χ1n) is 11.0. The molecule has 0 aliphatic heterocycles. The largest absolute Gasteiger partial charge is 0.357 e. The van der Waals surface area contributed by atoms with Gasteiger partial charge in [0.1, 0.15) is 5.82 Å². The van der Waals surface area contributed by atoms with Gasteiger partial charge in [0.2, 0.25) is 0 Å². The number of nitrogens with zero attached hydrogens (tertiary/aromatic N) is 5. The molecule has 0 saturated heterocycles. The molecule has 7 nitrogen and oxygen atoms in total. The van der Waals surface area contributed by atoms with Crippen molar-refractivity contribution in [2.24, 2.45) is 4.99 Å². The number of aromatic nitrogens is 4. The molecule has 166 valence electrons. The summed E-state index contributed by atoms with van der Waals surface area (Å²) in [6.07, 6.45) is 10.0. The lowest BCUT2D eigenvalue weighted by atomic mass is 10.2. The Hall–Kier alpha value is -1.61. The maximum absolute atomic E-state index is 4.75. The molecule has 0 bridgehead atoms. The van der Waals surface area contributed by atoms with Crippen molar-refractivity contribution in [3.63, 3.8) is 0 Å². The van der Waals surface area contributed by atoms with Gasteiger partial charge in [0.25, 0.3) is 0 Å². The fourth-order valence-corrected chi connectivity index (χ4v) is 5.36. The fourth-order valence-electron chi connectivity index (χ4n) is 3.85. The Labute approximate surface area is 188 Å². The van der Waals surface area contributed by atoms with E-state index in [2.05, 4.69) is 57.4 Å². The monoisotopic (exact) mass is 449 g/mol. The van der Waals surface area contributed by atoms with Crippen molar-refractivity contribution in [1.82, 2.24) is 30.4 Å². The molecule has 1 aliphatic carbocycles. The van der Waals surface area contributed by atoms with E-state index in [1.807, 2.05) is 0 Å². The summed E-state index contributed by atoms with van der Waals surface area (Å²) in [5, 5.41) is 17.9. The predicted octanol–water partition coefficient (Wildman–Crippen LogP) is 3.92. The standard InChI is InChI=1S/C21H35N7S2/c1-5-22-20(24-14-12-19-25-15(2)16(3)30-19)23-13-8-11-18-26-27-21(29-4)28(18)17-9-6-7-10-17/h17H,5-14H2,1-4H3,(H2,22,23,24). The molecule has 0 aromatic carbocycles. The Morgan fingerprint density at radius 3 is 2.67 bits per heavy atom. The molecule has 1 aliphatic rings. The number of guanidine groups is 1.